The van der Waals surface area contributed by atoms with Crippen molar-refractivity contribution in [1.82, 2.24) is 4.31 Å². The third-order valence-electron chi connectivity index (χ3n) is 6.34. The molecule has 0 heterocycles. The van der Waals surface area contributed by atoms with Crippen molar-refractivity contribution in [3.63, 3.8) is 0 Å². The van der Waals surface area contributed by atoms with Crippen LogP contribution in [-0.4, -0.2) is 151 Å². The number of quaternary nitrogens is 1. The van der Waals surface area contributed by atoms with Gasteiger partial charge in [-0.1, -0.05) is 0 Å². The molecule has 0 radical (unpaired) electrons. The first-order chi connectivity index (χ1) is 21.4. The van der Waals surface area contributed by atoms with Crippen molar-refractivity contribution in [3.8, 4) is 0 Å². The van der Waals surface area contributed by atoms with E-state index in [0.717, 1.165) is 14.1 Å². The lowest BCUT2D eigenvalue weighted by atomic mass is 9.89. The Hall–Kier alpha value is -2.12. The molecule has 1 unspecified atom stereocenters. The van der Waals surface area contributed by atoms with Crippen molar-refractivity contribution in [3.05, 3.63) is 0 Å². The molecular formula is C19H22F19N2O8S2+. The van der Waals surface area contributed by atoms with Crippen molar-refractivity contribution in [2.75, 3.05) is 46.0 Å². The van der Waals surface area contributed by atoms with Crippen molar-refractivity contribution in [2.45, 2.75) is 65.4 Å². The lowest BCUT2D eigenvalue weighted by molar-refractivity contribution is -0.893. The fourth-order valence-corrected chi connectivity index (χ4v) is 5.76. The summed E-state index contributed by atoms with van der Waals surface area (Å²) in [5.74, 6) is -67.1. The average molecular weight is 831 g/mol. The van der Waals surface area contributed by atoms with E-state index >= 15 is 0 Å². The number of likely N-dealkylation sites (N-methyl/N-ethyl adjacent to an activating group) is 1. The first-order valence-electron chi connectivity index (χ1n) is 12.1. The highest BCUT2D eigenvalue weighted by Gasteiger charge is 2.97. The maximum Gasteiger partial charge on any atom is 0.460 e. The van der Waals surface area contributed by atoms with Crippen LogP contribution in [-0.2, 0) is 24.9 Å². The Bertz CT molecular complexity index is 1450. The van der Waals surface area contributed by atoms with Crippen LogP contribution in [0.4, 0.5) is 83.4 Å². The average Bonchev–Trinajstić information content (AvgIpc) is 2.84. The maximum atomic E-state index is 14.6. The quantitative estimate of drug-likeness (QED) is 0.101. The number of hydrogen-bond donors (Lipinski definition) is 3. The van der Waals surface area contributed by atoms with Crippen LogP contribution >= 0.6 is 0 Å². The number of alkyl halides is 19. The van der Waals surface area contributed by atoms with Gasteiger partial charge in [0.1, 0.15) is 24.9 Å². The van der Waals surface area contributed by atoms with Gasteiger partial charge in [-0.05, 0) is 0 Å². The van der Waals surface area contributed by atoms with Crippen LogP contribution < -0.4 is 0 Å². The molecule has 0 aliphatic carbocycles. The molecule has 300 valence electrons. The van der Waals surface area contributed by atoms with Gasteiger partial charge in [-0.15, -0.1) is 0 Å². The Morgan fingerprint density at radius 3 is 1.32 bits per heavy atom. The highest BCUT2D eigenvalue weighted by Crippen LogP contribution is 2.65. The van der Waals surface area contributed by atoms with E-state index in [-0.39, 0.29) is 0 Å². The zero-order chi connectivity index (χ0) is 41.0. The minimum Gasteiger partial charge on any atom is -0.480 e. The van der Waals surface area contributed by atoms with Gasteiger partial charge in [-0.2, -0.15) is 96.1 Å². The number of rotatable bonds is 19. The predicted octanol–water partition coefficient (Wildman–Crippen LogP) is 4.02. The lowest BCUT2D eigenvalue weighted by Gasteiger charge is -2.43. The van der Waals surface area contributed by atoms with Gasteiger partial charge in [0.15, 0.2) is 0 Å². The van der Waals surface area contributed by atoms with Crippen LogP contribution in [0.15, 0.2) is 0 Å². The topological polar surface area (TPSA) is 149 Å². The SMILES string of the molecule is C[N+](C)(CCCN(CC(=O)O)S(=O)(=O)C(F)(F)C(F)(F)C(F)(F)C(F)(F)C(F)(F)C(F)(F)C(F)(F)C(F)(F)C(F)(F)F)CC(O)CS(=O)(=O)O. The number of hydrogen-bond acceptors (Lipinski definition) is 6. The molecule has 0 aliphatic rings. The standard InChI is InChI=1S/C19H21F19N2O8S2/c1-40(2,7-9(41)8-49(44,45)46)5-3-4-39(6-10(42)43)50(47,48)19(37,38)17(32,33)15(28,29)13(24,25)11(20,21)12(22,23)14(26,27)16(30,31)18(34,35)36/h9,41H,3-8H2,1-2H3,(H-,42,43,44,45,46)/p+1. The number of carboxylic acid groups (broad SMARTS) is 1. The van der Waals surface area contributed by atoms with Crippen molar-refractivity contribution in [1.29, 1.82) is 0 Å². The fourth-order valence-electron chi connectivity index (χ4n) is 3.74. The molecular weight excluding hydrogens is 809 g/mol. The summed E-state index contributed by atoms with van der Waals surface area (Å²) in [6.07, 6.45) is -11.1. The van der Waals surface area contributed by atoms with E-state index in [1.807, 2.05) is 0 Å². The second-order valence-corrected chi connectivity index (χ2v) is 14.3. The molecule has 0 aliphatic heterocycles. The van der Waals surface area contributed by atoms with Crippen LogP contribution in [0, 0.1) is 0 Å². The summed E-state index contributed by atoms with van der Waals surface area (Å²) in [5.41, 5.74) is 0. The second-order valence-electron chi connectivity index (χ2n) is 10.9. The largest absolute Gasteiger partial charge is 0.480 e. The fraction of sp³-hybridized carbons (Fsp3) is 0.947. The Kier molecular flexibility index (Phi) is 13.1. The van der Waals surface area contributed by atoms with E-state index in [0.29, 0.717) is 0 Å². The van der Waals surface area contributed by atoms with Crippen molar-refractivity contribution < 1.29 is 124 Å². The molecule has 0 fully saturated rings. The van der Waals surface area contributed by atoms with Gasteiger partial charge in [0.25, 0.3) is 20.1 Å². The summed E-state index contributed by atoms with van der Waals surface area (Å²) in [5, 5.41) is 10.4. The van der Waals surface area contributed by atoms with Crippen LogP contribution in [0.25, 0.3) is 0 Å². The summed E-state index contributed by atoms with van der Waals surface area (Å²) in [6, 6.07) is 0. The van der Waals surface area contributed by atoms with E-state index in [1.54, 1.807) is 0 Å². The number of aliphatic hydroxyl groups is 1. The smallest absolute Gasteiger partial charge is 0.460 e. The first kappa shape index (κ1) is 47.9. The number of nitrogens with zero attached hydrogens (tertiary/aromatic N) is 2. The molecule has 0 rings (SSSR count). The highest BCUT2D eigenvalue weighted by molar-refractivity contribution is 7.90. The molecule has 3 N–H and O–H groups in total. The van der Waals surface area contributed by atoms with Crippen molar-refractivity contribution >= 4 is 26.1 Å². The van der Waals surface area contributed by atoms with Crippen LogP contribution in [0.1, 0.15) is 6.42 Å². The van der Waals surface area contributed by atoms with Gasteiger partial charge >= 0.3 is 58.9 Å². The molecule has 0 aromatic carbocycles. The Morgan fingerprint density at radius 1 is 0.660 bits per heavy atom. The predicted molar refractivity (Wildman–Crippen MR) is 123 cm³/mol. The number of carbonyl (C=O) groups is 1. The molecule has 0 amide bonds. The molecule has 0 aromatic heterocycles. The van der Waals surface area contributed by atoms with E-state index in [1.165, 1.54) is 0 Å². The number of aliphatic carboxylic acids is 1. The van der Waals surface area contributed by atoms with Gasteiger partial charge < -0.3 is 14.7 Å². The van der Waals surface area contributed by atoms with Crippen LogP contribution in [0.3, 0.4) is 0 Å². The molecule has 0 saturated carbocycles. The third-order valence-corrected chi connectivity index (χ3v) is 9.04. The molecule has 0 aromatic rings. The molecule has 50 heavy (non-hydrogen) atoms. The molecule has 31 heteroatoms. The van der Waals surface area contributed by atoms with E-state index < -0.39 is 132 Å². The van der Waals surface area contributed by atoms with Gasteiger partial charge in [-0.25, -0.2) is 8.42 Å². The molecule has 1 atom stereocenters. The number of carboxylic acids is 1. The number of halogens is 19. The summed E-state index contributed by atoms with van der Waals surface area (Å²) >= 11 is 0. The monoisotopic (exact) mass is 831 g/mol. The van der Waals surface area contributed by atoms with Crippen LogP contribution in [0.5, 0.6) is 0 Å². The first-order valence-corrected chi connectivity index (χ1v) is 15.2. The molecule has 0 spiro atoms. The minimum absolute atomic E-state index is 0.742. The normalized spacial score (nSPS) is 16.6. The Morgan fingerprint density at radius 2 is 1.00 bits per heavy atom. The molecule has 0 bridgehead atoms. The summed E-state index contributed by atoms with van der Waals surface area (Å²) in [7, 11) is -10.8. The second kappa shape index (κ2) is 13.7. The summed E-state index contributed by atoms with van der Waals surface area (Å²) in [4.78, 5) is 11.0. The lowest BCUT2D eigenvalue weighted by Crippen LogP contribution is -2.76. The van der Waals surface area contributed by atoms with Gasteiger partial charge in [0.2, 0.25) is 0 Å². The van der Waals surface area contributed by atoms with E-state index in [4.69, 9.17) is 9.66 Å². The zero-order valence-corrected chi connectivity index (χ0v) is 25.7. The van der Waals surface area contributed by atoms with Gasteiger partial charge in [-0.3, -0.25) is 9.35 Å². The van der Waals surface area contributed by atoms with E-state index in [2.05, 4.69) is 0 Å². The molecule has 10 nitrogen and oxygen atoms in total. The summed E-state index contributed by atoms with van der Waals surface area (Å²) in [6.45, 7) is -5.87. The zero-order valence-electron chi connectivity index (χ0n) is 24.1. The van der Waals surface area contributed by atoms with Gasteiger partial charge in [0.05, 0.1) is 20.6 Å². The minimum atomic E-state index is -9.30. The Labute approximate surface area is 266 Å². The summed E-state index contributed by atoms with van der Waals surface area (Å²) < 4.78 is 311. The number of aliphatic hydroxyl groups excluding tert-OH is 1. The van der Waals surface area contributed by atoms with Crippen molar-refractivity contribution in [2.24, 2.45) is 0 Å². The van der Waals surface area contributed by atoms with E-state index in [9.17, 15) is 110 Å². The Balaban J connectivity index is 6.92. The van der Waals surface area contributed by atoms with Gasteiger partial charge in [0, 0.05) is 13.0 Å². The maximum absolute atomic E-state index is 14.6. The molecule has 0 saturated heterocycles. The van der Waals surface area contributed by atoms with Crippen LogP contribution in [0.2, 0.25) is 0 Å². The highest BCUT2D eigenvalue weighted by atomic mass is 32.2. The third kappa shape index (κ3) is 8.24. The number of sulfonamides is 1.